The van der Waals surface area contributed by atoms with Crippen molar-refractivity contribution in [2.75, 3.05) is 12.1 Å². The number of nitrogens with one attached hydrogen (secondary N) is 1. The van der Waals surface area contributed by atoms with Gasteiger partial charge < -0.3 is 14.8 Å². The fourth-order valence-electron chi connectivity index (χ4n) is 2.89. The van der Waals surface area contributed by atoms with E-state index in [1.807, 2.05) is 48.5 Å². The van der Waals surface area contributed by atoms with Gasteiger partial charge in [0.2, 0.25) is 6.79 Å². The van der Waals surface area contributed by atoms with Gasteiger partial charge in [0.15, 0.2) is 11.5 Å². The van der Waals surface area contributed by atoms with Crippen LogP contribution >= 0.6 is 0 Å². The van der Waals surface area contributed by atoms with Gasteiger partial charge in [-0.3, -0.25) is 4.79 Å². The summed E-state index contributed by atoms with van der Waals surface area (Å²) >= 11 is 0. The number of fused-ring (bicyclic) bond motifs is 2. The van der Waals surface area contributed by atoms with E-state index in [0.29, 0.717) is 22.7 Å². The molecule has 4 rings (SSSR count). The van der Waals surface area contributed by atoms with Crippen LogP contribution in [0, 0.1) is 11.3 Å². The van der Waals surface area contributed by atoms with Gasteiger partial charge in [0.1, 0.15) is 11.6 Å². The molecule has 0 unspecified atom stereocenters. The third kappa shape index (κ3) is 2.85. The summed E-state index contributed by atoms with van der Waals surface area (Å²) in [6.07, 6.45) is 1.51. The lowest BCUT2D eigenvalue weighted by molar-refractivity contribution is -0.112. The predicted octanol–water partition coefficient (Wildman–Crippen LogP) is 4.11. The van der Waals surface area contributed by atoms with Crippen LogP contribution in [0.25, 0.3) is 16.8 Å². The second-order valence-corrected chi connectivity index (χ2v) is 5.73. The number of anilines is 1. The normalized spacial score (nSPS) is 12.7. The average molecular weight is 342 g/mol. The summed E-state index contributed by atoms with van der Waals surface area (Å²) < 4.78 is 10.7. The van der Waals surface area contributed by atoms with E-state index in [1.54, 1.807) is 18.2 Å². The second kappa shape index (κ2) is 6.61. The Kier molecular flexibility index (Phi) is 4.00. The van der Waals surface area contributed by atoms with Gasteiger partial charge in [-0.05, 0) is 23.6 Å². The summed E-state index contributed by atoms with van der Waals surface area (Å²) in [6, 6.07) is 20.7. The zero-order valence-electron chi connectivity index (χ0n) is 13.7. The number of nitriles is 1. The van der Waals surface area contributed by atoms with Crippen LogP contribution in [0.15, 0.2) is 66.2 Å². The van der Waals surface area contributed by atoms with Gasteiger partial charge >= 0.3 is 0 Å². The number of ether oxygens (including phenoxy) is 2. The molecule has 0 fully saturated rings. The molecule has 0 radical (unpaired) electrons. The van der Waals surface area contributed by atoms with E-state index in [9.17, 15) is 10.1 Å². The Bertz CT molecular complexity index is 1070. The number of carbonyl (C=O) groups is 1. The van der Waals surface area contributed by atoms with Crippen LogP contribution in [0.4, 0.5) is 5.69 Å². The first-order chi connectivity index (χ1) is 12.8. The van der Waals surface area contributed by atoms with Crippen LogP contribution in [-0.4, -0.2) is 12.7 Å². The number of hydrogen-bond acceptors (Lipinski definition) is 4. The maximum Gasteiger partial charge on any atom is 0.266 e. The summed E-state index contributed by atoms with van der Waals surface area (Å²) in [7, 11) is 0. The first kappa shape index (κ1) is 15.7. The molecule has 1 aliphatic heterocycles. The van der Waals surface area contributed by atoms with Crippen molar-refractivity contribution in [3.63, 3.8) is 0 Å². The molecule has 0 bridgehead atoms. The minimum absolute atomic E-state index is 0.0122. The molecule has 1 aliphatic rings. The van der Waals surface area contributed by atoms with Gasteiger partial charge in [0.25, 0.3) is 5.91 Å². The van der Waals surface area contributed by atoms with Crippen molar-refractivity contribution in [1.29, 1.82) is 5.26 Å². The first-order valence-corrected chi connectivity index (χ1v) is 8.06. The highest BCUT2D eigenvalue weighted by atomic mass is 16.7. The van der Waals surface area contributed by atoms with Gasteiger partial charge in [-0.2, -0.15) is 5.26 Å². The van der Waals surface area contributed by atoms with Crippen molar-refractivity contribution in [1.82, 2.24) is 0 Å². The lowest BCUT2D eigenvalue weighted by Crippen LogP contribution is -2.13. The maximum atomic E-state index is 12.6. The molecule has 1 amide bonds. The molecule has 0 spiro atoms. The van der Waals surface area contributed by atoms with E-state index >= 15 is 0 Å². The Morgan fingerprint density at radius 1 is 1.04 bits per heavy atom. The molecule has 0 aliphatic carbocycles. The number of amides is 1. The summed E-state index contributed by atoms with van der Waals surface area (Å²) in [5, 5.41) is 14.2. The Balaban J connectivity index is 1.66. The molecule has 0 aromatic heterocycles. The Hall–Kier alpha value is -3.78. The van der Waals surface area contributed by atoms with E-state index in [-0.39, 0.29) is 12.4 Å². The van der Waals surface area contributed by atoms with Crippen LogP contribution in [-0.2, 0) is 4.79 Å². The smallest absolute Gasteiger partial charge is 0.266 e. The molecule has 126 valence electrons. The topological polar surface area (TPSA) is 71.3 Å². The number of para-hydroxylation sites is 1. The van der Waals surface area contributed by atoms with E-state index in [2.05, 4.69) is 5.32 Å². The fraction of sp³-hybridized carbons (Fsp3) is 0.0476. The molecule has 0 saturated heterocycles. The molecule has 0 saturated carbocycles. The molecule has 0 atom stereocenters. The molecule has 26 heavy (non-hydrogen) atoms. The molecular weight excluding hydrogens is 328 g/mol. The lowest BCUT2D eigenvalue weighted by atomic mass is 10.1. The molecular formula is C21H14N2O3. The predicted molar refractivity (Wildman–Crippen MR) is 98.7 cm³/mol. The molecule has 5 nitrogen and oxygen atoms in total. The number of carbonyl (C=O) groups excluding carboxylic acids is 1. The SMILES string of the molecule is N#C/C(=C\c1cccc2c1OCO2)C(=O)Nc1cccc2ccccc12. The van der Waals surface area contributed by atoms with Crippen LogP contribution in [0.1, 0.15) is 5.56 Å². The largest absolute Gasteiger partial charge is 0.454 e. The quantitative estimate of drug-likeness (QED) is 0.574. The first-order valence-electron chi connectivity index (χ1n) is 8.06. The van der Waals surface area contributed by atoms with Gasteiger partial charge in [-0.1, -0.05) is 48.5 Å². The molecule has 3 aromatic rings. The van der Waals surface area contributed by atoms with Crippen molar-refractivity contribution in [2.24, 2.45) is 0 Å². The minimum Gasteiger partial charge on any atom is -0.454 e. The highest BCUT2D eigenvalue weighted by Crippen LogP contribution is 2.36. The summed E-state index contributed by atoms with van der Waals surface area (Å²) in [5.74, 6) is 0.670. The van der Waals surface area contributed by atoms with Crippen molar-refractivity contribution in [3.05, 3.63) is 71.8 Å². The van der Waals surface area contributed by atoms with Crippen molar-refractivity contribution in [3.8, 4) is 17.6 Å². The number of rotatable bonds is 3. The van der Waals surface area contributed by atoms with E-state index in [1.165, 1.54) is 6.08 Å². The third-order valence-electron chi connectivity index (χ3n) is 4.13. The standard InChI is InChI=1S/C21H14N2O3/c22-12-16(11-15-7-4-10-19-20(15)26-13-25-19)21(24)23-18-9-3-6-14-5-1-2-8-17(14)18/h1-11H,13H2,(H,23,24)/b16-11+. The fourth-order valence-corrected chi connectivity index (χ4v) is 2.89. The van der Waals surface area contributed by atoms with Crippen LogP contribution in [0.2, 0.25) is 0 Å². The minimum atomic E-state index is -0.472. The van der Waals surface area contributed by atoms with Gasteiger partial charge in [-0.25, -0.2) is 0 Å². The zero-order chi connectivity index (χ0) is 17.9. The van der Waals surface area contributed by atoms with E-state index in [0.717, 1.165) is 10.8 Å². The van der Waals surface area contributed by atoms with Gasteiger partial charge in [0, 0.05) is 16.6 Å². The van der Waals surface area contributed by atoms with E-state index < -0.39 is 5.91 Å². The Labute approximate surface area is 150 Å². The van der Waals surface area contributed by atoms with Gasteiger partial charge in [0.05, 0.1) is 0 Å². The van der Waals surface area contributed by atoms with Gasteiger partial charge in [-0.15, -0.1) is 0 Å². The van der Waals surface area contributed by atoms with Crippen molar-refractivity contribution < 1.29 is 14.3 Å². The van der Waals surface area contributed by atoms with Crippen LogP contribution < -0.4 is 14.8 Å². The molecule has 3 aromatic carbocycles. The lowest BCUT2D eigenvalue weighted by Gasteiger charge is -2.08. The third-order valence-corrected chi connectivity index (χ3v) is 4.13. The zero-order valence-corrected chi connectivity index (χ0v) is 13.7. The van der Waals surface area contributed by atoms with Crippen molar-refractivity contribution >= 4 is 28.4 Å². The second-order valence-electron chi connectivity index (χ2n) is 5.73. The summed E-state index contributed by atoms with van der Waals surface area (Å²) in [5.41, 5.74) is 1.28. The van der Waals surface area contributed by atoms with Crippen LogP contribution in [0.5, 0.6) is 11.5 Å². The van der Waals surface area contributed by atoms with Crippen molar-refractivity contribution in [2.45, 2.75) is 0 Å². The number of benzene rings is 3. The molecule has 1 N–H and O–H groups in total. The number of hydrogen-bond donors (Lipinski definition) is 1. The molecule has 1 heterocycles. The Morgan fingerprint density at radius 3 is 2.73 bits per heavy atom. The monoisotopic (exact) mass is 342 g/mol. The highest BCUT2D eigenvalue weighted by Gasteiger charge is 2.18. The highest BCUT2D eigenvalue weighted by molar-refractivity contribution is 6.13. The van der Waals surface area contributed by atoms with E-state index in [4.69, 9.17) is 9.47 Å². The average Bonchev–Trinajstić information content (AvgIpc) is 3.16. The number of nitrogens with zero attached hydrogens (tertiary/aromatic N) is 1. The summed E-state index contributed by atoms with van der Waals surface area (Å²) in [6.45, 7) is 0.129. The Morgan fingerprint density at radius 2 is 1.85 bits per heavy atom. The van der Waals surface area contributed by atoms with Crippen LogP contribution in [0.3, 0.4) is 0 Å². The maximum absolute atomic E-state index is 12.6. The summed E-state index contributed by atoms with van der Waals surface area (Å²) in [4.78, 5) is 12.6. The molecule has 5 heteroatoms.